The van der Waals surface area contributed by atoms with Gasteiger partial charge in [-0.2, -0.15) is 0 Å². The zero-order chi connectivity index (χ0) is 40.4. The third-order valence-corrected chi connectivity index (χ3v) is 11.8. The van der Waals surface area contributed by atoms with Gasteiger partial charge in [0.2, 0.25) is 11.8 Å². The second-order valence-corrected chi connectivity index (χ2v) is 16.3. The highest BCUT2D eigenvalue weighted by molar-refractivity contribution is 5.87. The maximum absolute atomic E-state index is 13.7. The van der Waals surface area contributed by atoms with Gasteiger partial charge < -0.3 is 40.7 Å². The number of amides is 4. The van der Waals surface area contributed by atoms with Gasteiger partial charge in [0, 0.05) is 29.8 Å². The Balaban J connectivity index is 1.05. The van der Waals surface area contributed by atoms with E-state index in [0.717, 1.165) is 102 Å². The number of imidazole rings is 2. The Kier molecular flexibility index (Phi) is 11.7. The van der Waals surface area contributed by atoms with Crippen LogP contribution in [0.2, 0.25) is 0 Å². The highest BCUT2D eigenvalue weighted by atomic mass is 16.5. The molecule has 0 unspecified atom stereocenters. The maximum Gasteiger partial charge on any atom is 0.407 e. The number of benzene rings is 2. The molecule has 14 nitrogen and oxygen atoms in total. The van der Waals surface area contributed by atoms with Crippen molar-refractivity contribution in [2.75, 3.05) is 13.7 Å². The van der Waals surface area contributed by atoms with Crippen LogP contribution in [-0.2, 0) is 27.2 Å². The van der Waals surface area contributed by atoms with E-state index >= 15 is 0 Å². The summed E-state index contributed by atoms with van der Waals surface area (Å²) in [4.78, 5) is 68.9. The van der Waals surface area contributed by atoms with Gasteiger partial charge in [0.15, 0.2) is 0 Å². The van der Waals surface area contributed by atoms with E-state index in [4.69, 9.17) is 14.7 Å². The monoisotopic (exact) mass is 778 g/mol. The van der Waals surface area contributed by atoms with Crippen LogP contribution in [0.3, 0.4) is 0 Å². The fourth-order valence-corrected chi connectivity index (χ4v) is 8.77. The van der Waals surface area contributed by atoms with E-state index in [-0.39, 0.29) is 41.7 Å². The lowest BCUT2D eigenvalue weighted by atomic mass is 9.95. The predicted molar refractivity (Wildman–Crippen MR) is 215 cm³/mol. The number of aromatic amines is 2. The highest BCUT2D eigenvalue weighted by Gasteiger charge is 2.39. The molecule has 0 bridgehead atoms. The fourth-order valence-electron chi connectivity index (χ4n) is 8.77. The molecule has 57 heavy (non-hydrogen) atoms. The molecule has 3 heterocycles. The molecule has 4 amide bonds. The van der Waals surface area contributed by atoms with Crippen molar-refractivity contribution in [3.63, 3.8) is 0 Å². The third-order valence-electron chi connectivity index (χ3n) is 11.8. The molecule has 2 aromatic carbocycles. The van der Waals surface area contributed by atoms with Crippen molar-refractivity contribution >= 4 is 24.0 Å². The van der Waals surface area contributed by atoms with Gasteiger partial charge in [0.25, 0.3) is 0 Å². The van der Waals surface area contributed by atoms with Crippen molar-refractivity contribution in [2.24, 2.45) is 11.8 Å². The number of methoxy groups -OCH3 is 1. The SMILES string of the molecule is COC(=O)N[C@H](C(=O)N1CCC[C@H]1c1nc2c([nH]1)CCCc1cc(-c3ccc(-c4cnc([C@H]5CCC[C@@H]5NC(=O)[C@@H](NC(=O)O)C(C)C)[nH]4)cc3)ccc1-2)C(C)C. The summed E-state index contributed by atoms with van der Waals surface area (Å²) < 4.78 is 4.80. The molecule has 302 valence electrons. The first-order valence-electron chi connectivity index (χ1n) is 20.2. The van der Waals surface area contributed by atoms with Crippen molar-refractivity contribution in [1.29, 1.82) is 0 Å². The van der Waals surface area contributed by atoms with E-state index in [1.807, 2.05) is 38.8 Å². The Morgan fingerprint density at radius 3 is 2.30 bits per heavy atom. The molecule has 2 fully saturated rings. The number of rotatable bonds is 11. The molecule has 2 aliphatic carbocycles. The number of ether oxygens (including phenoxy) is 1. The summed E-state index contributed by atoms with van der Waals surface area (Å²) in [7, 11) is 1.30. The lowest BCUT2D eigenvalue weighted by molar-refractivity contribution is -0.135. The number of nitrogens with zero attached hydrogens (tertiary/aromatic N) is 3. The van der Waals surface area contributed by atoms with Gasteiger partial charge >= 0.3 is 12.2 Å². The van der Waals surface area contributed by atoms with E-state index < -0.39 is 24.3 Å². The molecule has 4 aromatic rings. The average molecular weight is 779 g/mol. The van der Waals surface area contributed by atoms with Gasteiger partial charge in [-0.1, -0.05) is 76.6 Å². The number of carboxylic acid groups (broad SMARTS) is 1. The zero-order valence-corrected chi connectivity index (χ0v) is 33.4. The average Bonchev–Trinajstić information content (AvgIpc) is 4.02. The smallest absolute Gasteiger partial charge is 0.407 e. The minimum atomic E-state index is -1.21. The fraction of sp³-hybridized carbons (Fsp3) is 0.488. The van der Waals surface area contributed by atoms with Crippen molar-refractivity contribution in [3.05, 3.63) is 71.6 Å². The molecule has 1 saturated heterocycles. The molecular weight excluding hydrogens is 725 g/mol. The van der Waals surface area contributed by atoms with E-state index in [2.05, 4.69) is 68.4 Å². The molecular formula is C43H54N8O6. The number of H-pyrrole nitrogens is 2. The molecule has 1 saturated carbocycles. The summed E-state index contributed by atoms with van der Waals surface area (Å²) in [5.74, 6) is 0.910. The first-order valence-corrected chi connectivity index (χ1v) is 20.2. The van der Waals surface area contributed by atoms with Crippen LogP contribution >= 0.6 is 0 Å². The Labute approximate surface area is 333 Å². The van der Waals surface area contributed by atoms with Crippen LogP contribution in [0.5, 0.6) is 0 Å². The summed E-state index contributed by atoms with van der Waals surface area (Å²) in [6, 6.07) is 13.2. The second kappa shape index (κ2) is 16.8. The molecule has 5 atom stereocenters. The number of nitrogens with one attached hydrogen (secondary N) is 5. The summed E-state index contributed by atoms with van der Waals surface area (Å²) >= 11 is 0. The molecule has 14 heteroatoms. The minimum Gasteiger partial charge on any atom is -0.465 e. The van der Waals surface area contributed by atoms with Crippen molar-refractivity contribution in [1.82, 2.24) is 40.8 Å². The number of aromatic nitrogens is 4. The predicted octanol–water partition coefficient (Wildman–Crippen LogP) is 6.71. The number of alkyl carbamates (subject to hydrolysis) is 1. The number of hydrogen-bond donors (Lipinski definition) is 6. The van der Waals surface area contributed by atoms with Gasteiger partial charge in [0.1, 0.15) is 23.7 Å². The van der Waals surface area contributed by atoms with Gasteiger partial charge in [-0.25, -0.2) is 19.6 Å². The van der Waals surface area contributed by atoms with E-state index in [9.17, 15) is 24.3 Å². The number of aryl methyl sites for hydroxylation is 2. The molecule has 7 rings (SSSR count). The topological polar surface area (TPSA) is 194 Å². The van der Waals surface area contributed by atoms with Crippen LogP contribution in [-0.4, -0.2) is 85.7 Å². The molecule has 0 spiro atoms. The van der Waals surface area contributed by atoms with Crippen molar-refractivity contribution in [3.8, 4) is 33.6 Å². The van der Waals surface area contributed by atoms with Crippen LogP contribution in [0.25, 0.3) is 33.6 Å². The Morgan fingerprint density at radius 1 is 0.842 bits per heavy atom. The first-order chi connectivity index (χ1) is 27.4. The van der Waals surface area contributed by atoms with Gasteiger partial charge in [-0.3, -0.25) is 9.59 Å². The first kappa shape index (κ1) is 39.6. The van der Waals surface area contributed by atoms with E-state index in [1.54, 1.807) is 0 Å². The summed E-state index contributed by atoms with van der Waals surface area (Å²) in [5.41, 5.74) is 8.51. The van der Waals surface area contributed by atoms with Crippen LogP contribution in [0.1, 0.15) is 101 Å². The molecule has 0 radical (unpaired) electrons. The lowest BCUT2D eigenvalue weighted by Crippen LogP contribution is -2.52. The van der Waals surface area contributed by atoms with Crippen LogP contribution in [0.15, 0.2) is 48.7 Å². The Morgan fingerprint density at radius 2 is 1.58 bits per heavy atom. The second-order valence-electron chi connectivity index (χ2n) is 16.3. The number of carbonyl (C=O) groups is 4. The largest absolute Gasteiger partial charge is 0.465 e. The Bertz CT molecular complexity index is 2110. The van der Waals surface area contributed by atoms with E-state index in [1.165, 1.54) is 12.7 Å². The summed E-state index contributed by atoms with van der Waals surface area (Å²) in [6.45, 7) is 8.09. The van der Waals surface area contributed by atoms with E-state index in [0.29, 0.717) is 6.54 Å². The summed E-state index contributed by atoms with van der Waals surface area (Å²) in [5, 5.41) is 17.4. The van der Waals surface area contributed by atoms with Crippen molar-refractivity contribution in [2.45, 2.75) is 109 Å². The molecule has 3 aliphatic rings. The van der Waals surface area contributed by atoms with Gasteiger partial charge in [0.05, 0.1) is 30.7 Å². The maximum atomic E-state index is 13.7. The Hall–Kier alpha value is -5.66. The molecule has 2 aromatic heterocycles. The van der Waals surface area contributed by atoms with Gasteiger partial charge in [-0.15, -0.1) is 0 Å². The quantitative estimate of drug-likeness (QED) is 0.0967. The summed E-state index contributed by atoms with van der Waals surface area (Å²) in [6.07, 6.45) is 7.06. The van der Waals surface area contributed by atoms with Crippen LogP contribution in [0.4, 0.5) is 9.59 Å². The minimum absolute atomic E-state index is 0.0115. The number of fused-ring (bicyclic) bond motifs is 3. The van der Waals surface area contributed by atoms with Crippen molar-refractivity contribution < 1.29 is 29.0 Å². The lowest BCUT2D eigenvalue weighted by Gasteiger charge is -2.30. The number of likely N-dealkylation sites (tertiary alicyclic amines) is 1. The van der Waals surface area contributed by atoms with Gasteiger partial charge in [-0.05, 0) is 79.0 Å². The number of hydrogen-bond acceptors (Lipinski definition) is 7. The van der Waals surface area contributed by atoms with Crippen LogP contribution < -0.4 is 16.0 Å². The highest BCUT2D eigenvalue weighted by Crippen LogP contribution is 2.39. The standard InChI is InChI=1S/C43H54N8O6/c1-23(2)35(49-42(54)55)40(52)47-31-11-7-10-30(31)38-44-22-33(46-38)26-16-14-25(15-17-26)27-18-19-29-28(21-27)9-6-12-32-37(29)48-39(45-32)34-13-8-20-51(34)41(53)36(24(3)4)50-43(56)57-5/h14-19,21-24,30-31,34-36,49H,6-13,20H2,1-5H3,(H,44,46)(H,45,48)(H,47,52)(H,50,56)(H,54,55)/t30-,31-,34-,35-,36-/m0/s1. The normalized spacial score (nSPS) is 20.1. The molecule has 1 aliphatic heterocycles. The number of carbonyl (C=O) groups excluding carboxylic acids is 3. The zero-order valence-electron chi connectivity index (χ0n) is 33.4. The molecule has 6 N–H and O–H groups in total. The third kappa shape index (κ3) is 8.40. The van der Waals surface area contributed by atoms with Crippen LogP contribution in [0, 0.1) is 11.8 Å².